The van der Waals surface area contributed by atoms with Crippen molar-refractivity contribution in [1.82, 2.24) is 4.90 Å². The maximum Gasteiger partial charge on any atom is 0.232 e. The molecule has 1 aliphatic heterocycles. The van der Waals surface area contributed by atoms with E-state index in [4.69, 9.17) is 0 Å². The molecule has 0 N–H and O–H groups in total. The number of hydrogen-bond acceptors (Lipinski definition) is 4. The molecule has 5 heteroatoms. The minimum Gasteiger partial charge on any atom is -0.336 e. The van der Waals surface area contributed by atoms with E-state index >= 15 is 0 Å². The largest absolute Gasteiger partial charge is 0.336 e. The van der Waals surface area contributed by atoms with Gasteiger partial charge in [-0.1, -0.05) is 5.18 Å². The normalized spacial score (nSPS) is 24.8. The minimum absolute atomic E-state index is 0.106. The smallest absolute Gasteiger partial charge is 0.232 e. The van der Waals surface area contributed by atoms with Gasteiger partial charge in [-0.3, -0.25) is 4.79 Å². The molecule has 0 aromatic heterocycles. The molecule has 1 atom stereocenters. The second kappa shape index (κ2) is 3.89. The lowest BCUT2D eigenvalue weighted by Gasteiger charge is -2.32. The molecule has 0 radical (unpaired) electrons. The molecule has 0 aromatic carbocycles. The molecule has 1 rings (SSSR count). The number of carbonyl (C=O) groups is 1. The topological polar surface area (TPSA) is 49.7 Å². The molecule has 0 aromatic rings. The van der Waals surface area contributed by atoms with E-state index in [-0.39, 0.29) is 17.3 Å². The Morgan fingerprint density at radius 3 is 2.83 bits per heavy atom. The van der Waals surface area contributed by atoms with Gasteiger partial charge in [-0.15, -0.1) is 16.7 Å². The molecule has 1 unspecified atom stereocenters. The van der Waals surface area contributed by atoms with Gasteiger partial charge in [-0.25, -0.2) is 0 Å². The first kappa shape index (κ1) is 9.51. The van der Waals surface area contributed by atoms with Gasteiger partial charge in [-0.05, 0) is 13.8 Å². The quantitative estimate of drug-likeness (QED) is 0.609. The first-order valence-electron chi connectivity index (χ1n) is 3.88. The molecule has 0 bridgehead atoms. The Kier molecular flexibility index (Phi) is 3.08. The van der Waals surface area contributed by atoms with Gasteiger partial charge in [0.2, 0.25) is 5.91 Å². The van der Waals surface area contributed by atoms with Crippen molar-refractivity contribution in [2.24, 2.45) is 5.18 Å². The fourth-order valence-electron chi connectivity index (χ4n) is 1.14. The van der Waals surface area contributed by atoms with E-state index in [0.29, 0.717) is 12.3 Å². The Labute approximate surface area is 75.7 Å². The maximum absolute atomic E-state index is 11.3. The first-order chi connectivity index (χ1) is 5.65. The number of nitrogens with zero attached hydrogens (tertiary/aromatic N) is 2. The average molecular weight is 188 g/mol. The van der Waals surface area contributed by atoms with Gasteiger partial charge in [0, 0.05) is 6.04 Å². The van der Waals surface area contributed by atoms with E-state index < -0.39 is 0 Å². The van der Waals surface area contributed by atoms with Crippen molar-refractivity contribution >= 4 is 17.7 Å². The standard InChI is InChI=1S/C7H12N2O2S/c1-5(2)9-3-6(8-11)12-4-7(9)10/h5-6H,3-4H2,1-2H3. The fraction of sp³-hybridized carbons (Fsp3) is 0.857. The summed E-state index contributed by atoms with van der Waals surface area (Å²) in [6.07, 6.45) is 0. The summed E-state index contributed by atoms with van der Waals surface area (Å²) in [6, 6.07) is 0.169. The van der Waals surface area contributed by atoms with E-state index in [1.54, 1.807) is 4.90 Å². The predicted molar refractivity (Wildman–Crippen MR) is 48.9 cm³/mol. The SMILES string of the molecule is CC(C)N1CC(N=O)SCC1=O. The van der Waals surface area contributed by atoms with E-state index in [2.05, 4.69) is 5.18 Å². The zero-order valence-corrected chi connectivity index (χ0v) is 8.00. The first-order valence-corrected chi connectivity index (χ1v) is 4.93. The van der Waals surface area contributed by atoms with Gasteiger partial charge >= 0.3 is 0 Å². The summed E-state index contributed by atoms with van der Waals surface area (Å²) in [5.74, 6) is 0.490. The average Bonchev–Trinajstić information content (AvgIpc) is 2.05. The van der Waals surface area contributed by atoms with Crippen molar-refractivity contribution in [1.29, 1.82) is 0 Å². The summed E-state index contributed by atoms with van der Waals surface area (Å²) < 4.78 is 0. The Morgan fingerprint density at radius 2 is 2.33 bits per heavy atom. The van der Waals surface area contributed by atoms with Gasteiger partial charge in [0.25, 0.3) is 0 Å². The number of hydrogen-bond donors (Lipinski definition) is 0. The summed E-state index contributed by atoms with van der Waals surface area (Å²) in [5.41, 5.74) is 0. The molecule has 1 aliphatic rings. The molecule has 0 aliphatic carbocycles. The maximum atomic E-state index is 11.3. The van der Waals surface area contributed by atoms with Crippen molar-refractivity contribution in [2.45, 2.75) is 25.3 Å². The predicted octanol–water partition coefficient (Wildman–Crippen LogP) is 1.06. The monoisotopic (exact) mass is 188 g/mol. The van der Waals surface area contributed by atoms with Crippen LogP contribution in [0, 0.1) is 4.91 Å². The van der Waals surface area contributed by atoms with Crippen LogP contribution < -0.4 is 0 Å². The van der Waals surface area contributed by atoms with Crippen LogP contribution >= 0.6 is 11.8 Å². The second-order valence-corrected chi connectivity index (χ2v) is 4.18. The van der Waals surface area contributed by atoms with Crippen LogP contribution in [-0.4, -0.2) is 34.5 Å². The number of rotatable bonds is 2. The van der Waals surface area contributed by atoms with E-state index in [1.807, 2.05) is 13.8 Å². The van der Waals surface area contributed by atoms with Crippen LogP contribution in [0.1, 0.15) is 13.8 Å². The third-order valence-electron chi connectivity index (χ3n) is 1.81. The number of carbonyl (C=O) groups excluding carboxylic acids is 1. The third kappa shape index (κ3) is 1.97. The van der Waals surface area contributed by atoms with Crippen molar-refractivity contribution < 1.29 is 4.79 Å². The van der Waals surface area contributed by atoms with Crippen molar-refractivity contribution in [3.05, 3.63) is 4.91 Å². The molecule has 4 nitrogen and oxygen atoms in total. The lowest BCUT2D eigenvalue weighted by Crippen LogP contribution is -2.45. The highest BCUT2D eigenvalue weighted by Crippen LogP contribution is 2.21. The molecule has 68 valence electrons. The molecular weight excluding hydrogens is 176 g/mol. The second-order valence-electron chi connectivity index (χ2n) is 3.01. The lowest BCUT2D eigenvalue weighted by molar-refractivity contribution is -0.130. The number of thioether (sulfide) groups is 1. The summed E-state index contributed by atoms with van der Waals surface area (Å²) in [6.45, 7) is 4.34. The Bertz CT molecular complexity index is 196. The lowest BCUT2D eigenvalue weighted by atomic mass is 10.3. The third-order valence-corrected chi connectivity index (χ3v) is 2.85. The molecule has 1 saturated heterocycles. The molecule has 0 spiro atoms. The van der Waals surface area contributed by atoms with Crippen molar-refractivity contribution in [3.63, 3.8) is 0 Å². The van der Waals surface area contributed by atoms with Gasteiger partial charge < -0.3 is 4.90 Å². The fourth-order valence-corrected chi connectivity index (χ4v) is 1.96. The van der Waals surface area contributed by atoms with E-state index in [1.165, 1.54) is 11.8 Å². The number of amides is 1. The summed E-state index contributed by atoms with van der Waals surface area (Å²) in [4.78, 5) is 23.2. The van der Waals surface area contributed by atoms with Crippen LogP contribution in [0.3, 0.4) is 0 Å². The highest BCUT2D eigenvalue weighted by atomic mass is 32.2. The van der Waals surface area contributed by atoms with Crippen molar-refractivity contribution in [2.75, 3.05) is 12.3 Å². The zero-order chi connectivity index (χ0) is 9.14. The zero-order valence-electron chi connectivity index (χ0n) is 7.19. The molecule has 1 fully saturated rings. The van der Waals surface area contributed by atoms with Gasteiger partial charge in [0.05, 0.1) is 12.3 Å². The molecular formula is C7H12N2O2S. The molecule has 12 heavy (non-hydrogen) atoms. The molecule has 1 heterocycles. The van der Waals surface area contributed by atoms with Crippen LogP contribution in [0.2, 0.25) is 0 Å². The summed E-state index contributed by atoms with van der Waals surface area (Å²) >= 11 is 1.32. The summed E-state index contributed by atoms with van der Waals surface area (Å²) in [7, 11) is 0. The minimum atomic E-state index is -0.273. The Balaban J connectivity index is 2.58. The molecule has 0 saturated carbocycles. The highest BCUT2D eigenvalue weighted by Gasteiger charge is 2.28. The van der Waals surface area contributed by atoms with Crippen LogP contribution in [-0.2, 0) is 4.79 Å². The van der Waals surface area contributed by atoms with Gasteiger partial charge in [-0.2, -0.15) is 0 Å². The van der Waals surface area contributed by atoms with Crippen LogP contribution in [0.15, 0.2) is 5.18 Å². The van der Waals surface area contributed by atoms with Crippen LogP contribution in [0.5, 0.6) is 0 Å². The van der Waals surface area contributed by atoms with Crippen molar-refractivity contribution in [3.8, 4) is 0 Å². The Morgan fingerprint density at radius 1 is 1.67 bits per heavy atom. The highest BCUT2D eigenvalue weighted by molar-refractivity contribution is 8.00. The molecule has 1 amide bonds. The van der Waals surface area contributed by atoms with E-state index in [0.717, 1.165) is 0 Å². The van der Waals surface area contributed by atoms with Gasteiger partial charge in [0.15, 0.2) is 5.37 Å². The summed E-state index contributed by atoms with van der Waals surface area (Å²) in [5, 5.41) is 2.66. The Hall–Kier alpha value is -0.580. The van der Waals surface area contributed by atoms with E-state index in [9.17, 15) is 9.70 Å². The number of nitroso groups, excluding NO2 is 1. The van der Waals surface area contributed by atoms with Gasteiger partial charge in [0.1, 0.15) is 0 Å². The van der Waals surface area contributed by atoms with Crippen LogP contribution in [0.25, 0.3) is 0 Å². The van der Waals surface area contributed by atoms with Crippen LogP contribution in [0.4, 0.5) is 0 Å².